The lowest BCUT2D eigenvalue weighted by molar-refractivity contribution is 0.101. The number of benzene rings is 2. The number of amides is 1. The molecule has 0 aliphatic heterocycles. The van der Waals surface area contributed by atoms with E-state index in [9.17, 15) is 26.7 Å². The van der Waals surface area contributed by atoms with E-state index < -0.39 is 40.6 Å². The number of carbonyl (C=O) groups is 1. The molecular weight excluding hydrogens is 293 g/mol. The van der Waals surface area contributed by atoms with Crippen LogP contribution in [0.5, 0.6) is 0 Å². The van der Waals surface area contributed by atoms with Crippen LogP contribution >= 0.6 is 0 Å². The van der Waals surface area contributed by atoms with Crippen LogP contribution < -0.4 is 5.32 Å². The van der Waals surface area contributed by atoms with Crippen molar-refractivity contribution in [2.45, 2.75) is 6.92 Å². The second-order valence-electron chi connectivity index (χ2n) is 4.27. The van der Waals surface area contributed by atoms with E-state index in [0.29, 0.717) is 0 Å². The summed E-state index contributed by atoms with van der Waals surface area (Å²) in [5.74, 6) is -12.4. The number of rotatable bonds is 2. The van der Waals surface area contributed by atoms with E-state index in [2.05, 4.69) is 5.32 Å². The molecule has 0 radical (unpaired) electrons. The monoisotopic (exact) mass is 301 g/mol. The minimum absolute atomic E-state index is 0.162. The van der Waals surface area contributed by atoms with E-state index in [0.717, 1.165) is 5.56 Å². The van der Waals surface area contributed by atoms with Gasteiger partial charge in [0.2, 0.25) is 5.82 Å². The molecule has 0 saturated heterocycles. The summed E-state index contributed by atoms with van der Waals surface area (Å²) in [6, 6.07) is 6.07. The predicted octanol–water partition coefficient (Wildman–Crippen LogP) is 3.94. The molecule has 1 N–H and O–H groups in total. The lowest BCUT2D eigenvalue weighted by atomic mass is 10.1. The highest BCUT2D eigenvalue weighted by atomic mass is 19.2. The SMILES string of the molecule is Cc1ccc(NC(=O)c2c(F)c(F)c(F)c(F)c2F)cc1. The summed E-state index contributed by atoms with van der Waals surface area (Å²) in [7, 11) is 0. The highest BCUT2D eigenvalue weighted by molar-refractivity contribution is 6.04. The van der Waals surface area contributed by atoms with E-state index in [-0.39, 0.29) is 5.69 Å². The van der Waals surface area contributed by atoms with E-state index in [1.54, 1.807) is 19.1 Å². The van der Waals surface area contributed by atoms with Gasteiger partial charge in [0.05, 0.1) is 0 Å². The zero-order valence-corrected chi connectivity index (χ0v) is 10.6. The minimum Gasteiger partial charge on any atom is -0.322 e. The van der Waals surface area contributed by atoms with Crippen molar-refractivity contribution in [3.8, 4) is 0 Å². The molecule has 0 heterocycles. The molecule has 2 nitrogen and oxygen atoms in total. The molecule has 0 aromatic heterocycles. The third-order valence-corrected chi connectivity index (χ3v) is 2.75. The van der Waals surface area contributed by atoms with Gasteiger partial charge < -0.3 is 5.32 Å². The Bertz CT molecular complexity index is 683. The fourth-order valence-electron chi connectivity index (χ4n) is 1.63. The quantitative estimate of drug-likeness (QED) is 0.508. The lowest BCUT2D eigenvalue weighted by Gasteiger charge is -2.09. The fourth-order valence-corrected chi connectivity index (χ4v) is 1.63. The zero-order chi connectivity index (χ0) is 15.7. The Morgan fingerprint density at radius 3 is 1.71 bits per heavy atom. The molecule has 0 bridgehead atoms. The summed E-state index contributed by atoms with van der Waals surface area (Å²) in [6.07, 6.45) is 0. The first-order valence-corrected chi connectivity index (χ1v) is 5.72. The molecule has 2 rings (SSSR count). The van der Waals surface area contributed by atoms with E-state index in [4.69, 9.17) is 0 Å². The van der Waals surface area contributed by atoms with Crippen molar-refractivity contribution in [1.29, 1.82) is 0 Å². The van der Waals surface area contributed by atoms with Gasteiger partial charge in [-0.2, -0.15) is 0 Å². The lowest BCUT2D eigenvalue weighted by Crippen LogP contribution is -2.19. The third-order valence-electron chi connectivity index (χ3n) is 2.75. The molecule has 0 saturated carbocycles. The topological polar surface area (TPSA) is 29.1 Å². The Hall–Kier alpha value is -2.44. The average Bonchev–Trinajstić information content (AvgIpc) is 2.46. The van der Waals surface area contributed by atoms with E-state index in [1.165, 1.54) is 12.1 Å². The van der Waals surface area contributed by atoms with Gasteiger partial charge in [-0.3, -0.25) is 4.79 Å². The zero-order valence-electron chi connectivity index (χ0n) is 10.6. The third kappa shape index (κ3) is 2.72. The molecule has 1 amide bonds. The summed E-state index contributed by atoms with van der Waals surface area (Å²) < 4.78 is 65.8. The number of halogens is 5. The van der Waals surface area contributed by atoms with Crippen molar-refractivity contribution >= 4 is 11.6 Å². The number of hydrogen-bond acceptors (Lipinski definition) is 1. The van der Waals surface area contributed by atoms with Crippen molar-refractivity contribution in [2.24, 2.45) is 0 Å². The number of anilines is 1. The molecule has 21 heavy (non-hydrogen) atoms. The summed E-state index contributed by atoms with van der Waals surface area (Å²) in [5, 5.41) is 2.07. The van der Waals surface area contributed by atoms with E-state index >= 15 is 0 Å². The van der Waals surface area contributed by atoms with Gasteiger partial charge >= 0.3 is 0 Å². The highest BCUT2D eigenvalue weighted by Crippen LogP contribution is 2.24. The number of hydrogen-bond donors (Lipinski definition) is 1. The van der Waals surface area contributed by atoms with E-state index in [1.807, 2.05) is 0 Å². The molecule has 0 unspecified atom stereocenters. The average molecular weight is 301 g/mol. The summed E-state index contributed by atoms with van der Waals surface area (Å²) >= 11 is 0. The maximum atomic E-state index is 13.4. The fraction of sp³-hybridized carbons (Fsp3) is 0.0714. The van der Waals surface area contributed by atoms with Crippen molar-refractivity contribution in [3.63, 3.8) is 0 Å². The first kappa shape index (κ1) is 15.0. The van der Waals surface area contributed by atoms with Crippen LogP contribution in [0, 0.1) is 36.0 Å². The van der Waals surface area contributed by atoms with Gasteiger partial charge in [-0.25, -0.2) is 22.0 Å². The molecule has 2 aromatic carbocycles. The van der Waals surface area contributed by atoms with Crippen LogP contribution in [0.1, 0.15) is 15.9 Å². The second-order valence-corrected chi connectivity index (χ2v) is 4.27. The van der Waals surface area contributed by atoms with Gasteiger partial charge in [0, 0.05) is 5.69 Å². The molecule has 0 aliphatic rings. The van der Waals surface area contributed by atoms with Gasteiger partial charge in [0.15, 0.2) is 23.3 Å². The van der Waals surface area contributed by atoms with Crippen LogP contribution in [0.15, 0.2) is 24.3 Å². The Morgan fingerprint density at radius 2 is 1.24 bits per heavy atom. The molecule has 110 valence electrons. The first-order chi connectivity index (χ1) is 9.82. The second kappa shape index (κ2) is 5.51. The Labute approximate surface area is 116 Å². The Morgan fingerprint density at radius 1 is 0.810 bits per heavy atom. The summed E-state index contributed by atoms with van der Waals surface area (Å²) in [4.78, 5) is 11.7. The molecule has 0 atom stereocenters. The van der Waals surface area contributed by atoms with Crippen molar-refractivity contribution < 1.29 is 26.7 Å². The van der Waals surface area contributed by atoms with Gasteiger partial charge in [0.1, 0.15) is 5.56 Å². The maximum absolute atomic E-state index is 13.4. The van der Waals surface area contributed by atoms with Crippen LogP contribution in [0.4, 0.5) is 27.6 Å². The van der Waals surface area contributed by atoms with Gasteiger partial charge in [-0.05, 0) is 19.1 Å². The normalized spacial score (nSPS) is 10.6. The molecule has 7 heteroatoms. The van der Waals surface area contributed by atoms with Crippen LogP contribution in [-0.4, -0.2) is 5.91 Å². The van der Waals surface area contributed by atoms with Crippen LogP contribution in [0.25, 0.3) is 0 Å². The Kier molecular flexibility index (Phi) is 3.93. The first-order valence-electron chi connectivity index (χ1n) is 5.72. The van der Waals surface area contributed by atoms with Gasteiger partial charge in [0.25, 0.3) is 5.91 Å². The van der Waals surface area contributed by atoms with Gasteiger partial charge in [-0.15, -0.1) is 0 Å². The number of nitrogens with one attached hydrogen (secondary N) is 1. The summed E-state index contributed by atoms with van der Waals surface area (Å²) in [6.45, 7) is 1.77. The Balaban J connectivity index is 2.42. The number of aryl methyl sites for hydroxylation is 1. The number of carbonyl (C=O) groups excluding carboxylic acids is 1. The van der Waals surface area contributed by atoms with Crippen molar-refractivity contribution in [2.75, 3.05) is 5.32 Å². The highest BCUT2D eigenvalue weighted by Gasteiger charge is 2.29. The van der Waals surface area contributed by atoms with Crippen molar-refractivity contribution in [1.82, 2.24) is 0 Å². The van der Waals surface area contributed by atoms with Gasteiger partial charge in [-0.1, -0.05) is 17.7 Å². The maximum Gasteiger partial charge on any atom is 0.261 e. The smallest absolute Gasteiger partial charge is 0.261 e. The molecule has 0 fully saturated rings. The summed E-state index contributed by atoms with van der Waals surface area (Å²) in [5.41, 5.74) is -0.495. The largest absolute Gasteiger partial charge is 0.322 e. The minimum atomic E-state index is -2.31. The molecule has 2 aromatic rings. The molecule has 0 spiro atoms. The molecule has 0 aliphatic carbocycles. The molecular formula is C14H8F5NO. The van der Waals surface area contributed by atoms with Crippen LogP contribution in [-0.2, 0) is 0 Å². The van der Waals surface area contributed by atoms with Crippen molar-refractivity contribution in [3.05, 3.63) is 64.5 Å². The predicted molar refractivity (Wildman–Crippen MR) is 65.4 cm³/mol. The van der Waals surface area contributed by atoms with Crippen LogP contribution in [0.3, 0.4) is 0 Å². The van der Waals surface area contributed by atoms with Crippen LogP contribution in [0.2, 0.25) is 0 Å². The standard InChI is InChI=1S/C14H8F5NO/c1-6-2-4-7(5-3-6)20-14(21)8-9(15)11(17)13(19)12(18)10(8)16/h2-5H,1H3,(H,20,21).